The van der Waals surface area contributed by atoms with E-state index in [1.807, 2.05) is 6.07 Å². The van der Waals surface area contributed by atoms with Crippen LogP contribution < -0.4 is 10.6 Å². The zero-order valence-corrected chi connectivity index (χ0v) is 14.6. The lowest BCUT2D eigenvalue weighted by atomic mass is 10.1. The number of rotatable bonds is 8. The first-order valence-electron chi connectivity index (χ1n) is 8.56. The molecule has 27 heavy (non-hydrogen) atoms. The van der Waals surface area contributed by atoms with Crippen LogP contribution in [0.15, 0.2) is 42.7 Å². The Morgan fingerprint density at radius 1 is 1.26 bits per heavy atom. The van der Waals surface area contributed by atoms with Gasteiger partial charge in [0.1, 0.15) is 18.2 Å². The number of aliphatic hydroxyl groups excluding tert-OH is 1. The van der Waals surface area contributed by atoms with Gasteiger partial charge in [0.2, 0.25) is 0 Å². The number of amides is 1. The summed E-state index contributed by atoms with van der Waals surface area (Å²) in [5, 5.41) is 28.2. The highest BCUT2D eigenvalue weighted by atomic mass is 16.5. The van der Waals surface area contributed by atoms with Crippen molar-refractivity contribution in [2.45, 2.75) is 6.42 Å². The lowest BCUT2D eigenvalue weighted by Gasteiger charge is -2.08. The summed E-state index contributed by atoms with van der Waals surface area (Å²) in [6.07, 6.45) is 3.44. The van der Waals surface area contributed by atoms with Gasteiger partial charge in [-0.2, -0.15) is 5.10 Å². The van der Waals surface area contributed by atoms with E-state index in [0.29, 0.717) is 31.0 Å². The lowest BCUT2D eigenvalue weighted by molar-refractivity contribution is 0.149. The Balaban J connectivity index is 1.60. The number of carbonyl (C=O) groups is 1. The first kappa shape index (κ1) is 18.5. The van der Waals surface area contributed by atoms with E-state index in [-0.39, 0.29) is 19.0 Å². The van der Waals surface area contributed by atoms with Gasteiger partial charge < -0.3 is 25.6 Å². The minimum atomic E-state index is -0.518. The molecule has 0 atom stereocenters. The summed E-state index contributed by atoms with van der Waals surface area (Å²) in [5.41, 5.74) is 2.26. The molecule has 0 aliphatic heterocycles. The molecular formula is C18H21N5O4. The number of aliphatic hydroxyl groups is 1. The van der Waals surface area contributed by atoms with E-state index in [9.17, 15) is 9.90 Å². The van der Waals surface area contributed by atoms with Crippen LogP contribution in [-0.4, -0.2) is 57.2 Å². The Hall–Kier alpha value is -3.33. The van der Waals surface area contributed by atoms with Crippen LogP contribution in [0.5, 0.6) is 5.75 Å². The number of ether oxygens (including phenoxy) is 1. The Bertz CT molecular complexity index is 912. The summed E-state index contributed by atoms with van der Waals surface area (Å²) in [5.74, 6) is 0.796. The molecule has 0 radical (unpaired) electrons. The molecule has 9 heteroatoms. The van der Waals surface area contributed by atoms with Gasteiger partial charge in [-0.15, -0.1) is 0 Å². The minimum Gasteiger partial charge on any atom is -0.508 e. The highest BCUT2D eigenvalue weighted by Crippen LogP contribution is 2.26. The number of phenols is 1. The second-order valence-electron chi connectivity index (χ2n) is 5.76. The number of alkyl carbamates (subject to hydrolysis) is 1. The monoisotopic (exact) mass is 371 g/mol. The number of hydrogen-bond donors (Lipinski definition) is 4. The predicted octanol–water partition coefficient (Wildman–Crippen LogP) is 1.62. The molecule has 142 valence electrons. The Kier molecular flexibility index (Phi) is 6.06. The third kappa shape index (κ3) is 4.85. The van der Waals surface area contributed by atoms with Crippen LogP contribution in [0.25, 0.3) is 16.8 Å². The van der Waals surface area contributed by atoms with Gasteiger partial charge in [-0.1, -0.05) is 12.1 Å². The van der Waals surface area contributed by atoms with E-state index in [4.69, 9.17) is 9.84 Å². The van der Waals surface area contributed by atoms with Crippen molar-refractivity contribution in [3.05, 3.63) is 42.7 Å². The number of anilines is 1. The fourth-order valence-electron chi connectivity index (χ4n) is 2.49. The summed E-state index contributed by atoms with van der Waals surface area (Å²) in [7, 11) is 0. The molecule has 0 spiro atoms. The van der Waals surface area contributed by atoms with Crippen LogP contribution in [0.1, 0.15) is 6.42 Å². The number of nitrogens with one attached hydrogen (secondary N) is 2. The standard InChI is InChI=1S/C18H21N5O4/c24-9-2-6-20-18(26)27-10-7-19-16-5-8-23-17(22-16)15(12-21-23)13-3-1-4-14(25)11-13/h1,3-5,8,11-12,24-25H,2,6-7,9-10H2,(H,19,22)(H,20,26). The van der Waals surface area contributed by atoms with Crippen molar-refractivity contribution in [2.24, 2.45) is 0 Å². The first-order valence-corrected chi connectivity index (χ1v) is 8.56. The number of hydrogen-bond acceptors (Lipinski definition) is 7. The molecule has 2 aromatic heterocycles. The number of aromatic hydroxyl groups is 1. The van der Waals surface area contributed by atoms with E-state index in [0.717, 1.165) is 11.1 Å². The van der Waals surface area contributed by atoms with Crippen LogP contribution >= 0.6 is 0 Å². The zero-order chi connectivity index (χ0) is 19.1. The average Bonchev–Trinajstić information content (AvgIpc) is 3.09. The van der Waals surface area contributed by atoms with Crippen molar-refractivity contribution in [3.8, 4) is 16.9 Å². The minimum absolute atomic E-state index is 0.0230. The summed E-state index contributed by atoms with van der Waals surface area (Å²) in [4.78, 5) is 16.0. The number of aromatic nitrogens is 3. The van der Waals surface area contributed by atoms with Crippen molar-refractivity contribution in [1.29, 1.82) is 0 Å². The molecule has 3 rings (SSSR count). The third-order valence-corrected chi connectivity index (χ3v) is 3.77. The van der Waals surface area contributed by atoms with Crippen LogP contribution in [0.2, 0.25) is 0 Å². The smallest absolute Gasteiger partial charge is 0.407 e. The van der Waals surface area contributed by atoms with Crippen molar-refractivity contribution in [1.82, 2.24) is 19.9 Å². The van der Waals surface area contributed by atoms with Gasteiger partial charge in [0, 0.05) is 24.9 Å². The molecule has 0 saturated heterocycles. The number of phenolic OH excluding ortho intramolecular Hbond substituents is 1. The maximum Gasteiger partial charge on any atom is 0.407 e. The van der Waals surface area contributed by atoms with Crippen molar-refractivity contribution >= 4 is 17.6 Å². The van der Waals surface area contributed by atoms with Crippen LogP contribution in [-0.2, 0) is 4.74 Å². The van der Waals surface area contributed by atoms with Gasteiger partial charge in [-0.3, -0.25) is 0 Å². The number of fused-ring (bicyclic) bond motifs is 1. The quantitative estimate of drug-likeness (QED) is 0.444. The van der Waals surface area contributed by atoms with Crippen LogP contribution in [0, 0.1) is 0 Å². The van der Waals surface area contributed by atoms with Gasteiger partial charge in [0.15, 0.2) is 5.65 Å². The van der Waals surface area contributed by atoms with Gasteiger partial charge in [0.25, 0.3) is 0 Å². The highest BCUT2D eigenvalue weighted by Gasteiger charge is 2.09. The zero-order valence-electron chi connectivity index (χ0n) is 14.6. The molecule has 0 bridgehead atoms. The Morgan fingerprint density at radius 2 is 2.15 bits per heavy atom. The van der Waals surface area contributed by atoms with Gasteiger partial charge in [0.05, 0.1) is 12.7 Å². The largest absolute Gasteiger partial charge is 0.508 e. The molecule has 2 heterocycles. The van der Waals surface area contributed by atoms with Crippen LogP contribution in [0.4, 0.5) is 10.6 Å². The second kappa shape index (κ2) is 8.86. The molecule has 0 aliphatic rings. The van der Waals surface area contributed by atoms with Gasteiger partial charge in [-0.05, 0) is 30.2 Å². The number of benzene rings is 1. The molecule has 1 amide bonds. The SMILES string of the molecule is O=C(NCCCO)OCCNc1ccn2ncc(-c3cccc(O)c3)c2n1. The number of carbonyl (C=O) groups excluding carboxylic acids is 1. The fraction of sp³-hybridized carbons (Fsp3) is 0.278. The molecule has 0 saturated carbocycles. The van der Waals surface area contributed by atoms with Crippen LogP contribution in [0.3, 0.4) is 0 Å². The van der Waals surface area contributed by atoms with E-state index in [1.54, 1.807) is 41.2 Å². The third-order valence-electron chi connectivity index (χ3n) is 3.77. The lowest BCUT2D eigenvalue weighted by Crippen LogP contribution is -2.27. The molecular weight excluding hydrogens is 350 g/mol. The second-order valence-corrected chi connectivity index (χ2v) is 5.76. The maximum atomic E-state index is 11.4. The van der Waals surface area contributed by atoms with E-state index in [1.165, 1.54) is 0 Å². The van der Waals surface area contributed by atoms with E-state index >= 15 is 0 Å². The van der Waals surface area contributed by atoms with E-state index in [2.05, 4.69) is 20.7 Å². The van der Waals surface area contributed by atoms with Crippen molar-refractivity contribution in [3.63, 3.8) is 0 Å². The predicted molar refractivity (Wildman–Crippen MR) is 99.6 cm³/mol. The highest BCUT2D eigenvalue weighted by molar-refractivity contribution is 5.78. The molecule has 1 aromatic carbocycles. The summed E-state index contributed by atoms with van der Waals surface area (Å²) in [6.45, 7) is 0.970. The molecule has 4 N–H and O–H groups in total. The number of nitrogens with zero attached hydrogens (tertiary/aromatic N) is 3. The Labute approximate surface area is 155 Å². The van der Waals surface area contributed by atoms with E-state index < -0.39 is 6.09 Å². The first-order chi connectivity index (χ1) is 13.2. The molecule has 3 aromatic rings. The normalized spacial score (nSPS) is 10.7. The molecule has 9 nitrogen and oxygen atoms in total. The van der Waals surface area contributed by atoms with Gasteiger partial charge >= 0.3 is 6.09 Å². The molecule has 0 fully saturated rings. The maximum absolute atomic E-state index is 11.4. The molecule has 0 aliphatic carbocycles. The summed E-state index contributed by atoms with van der Waals surface area (Å²) in [6, 6.07) is 8.67. The average molecular weight is 371 g/mol. The van der Waals surface area contributed by atoms with Crippen molar-refractivity contribution in [2.75, 3.05) is 31.6 Å². The fourth-order valence-corrected chi connectivity index (χ4v) is 2.49. The van der Waals surface area contributed by atoms with Gasteiger partial charge in [-0.25, -0.2) is 14.3 Å². The Morgan fingerprint density at radius 3 is 2.96 bits per heavy atom. The molecule has 0 unspecified atom stereocenters. The summed E-state index contributed by atoms with van der Waals surface area (Å²) < 4.78 is 6.67. The summed E-state index contributed by atoms with van der Waals surface area (Å²) >= 11 is 0. The topological polar surface area (TPSA) is 121 Å². The van der Waals surface area contributed by atoms with Crippen molar-refractivity contribution < 1.29 is 19.7 Å².